The van der Waals surface area contributed by atoms with Crippen LogP contribution in [0.25, 0.3) is 22.1 Å². The summed E-state index contributed by atoms with van der Waals surface area (Å²) in [6.07, 6.45) is 2.09. The van der Waals surface area contributed by atoms with Crippen molar-refractivity contribution in [1.82, 2.24) is 30.8 Å². The van der Waals surface area contributed by atoms with Gasteiger partial charge < -0.3 is 0 Å². The summed E-state index contributed by atoms with van der Waals surface area (Å²) in [5.74, 6) is 0. The first-order valence-corrected chi connectivity index (χ1v) is 7.39. The first-order valence-electron chi connectivity index (χ1n) is 7.39. The van der Waals surface area contributed by atoms with Crippen LogP contribution >= 0.6 is 0 Å². The van der Waals surface area contributed by atoms with Crippen molar-refractivity contribution in [3.63, 3.8) is 0 Å². The van der Waals surface area contributed by atoms with Crippen LogP contribution in [0.15, 0.2) is 36.4 Å². The van der Waals surface area contributed by atoms with E-state index in [1.54, 1.807) is 0 Å². The van der Waals surface area contributed by atoms with Crippen LogP contribution in [-0.4, -0.2) is 30.8 Å². The predicted octanol–water partition coefficient (Wildman–Crippen LogP) is 3.04. The van der Waals surface area contributed by atoms with Crippen LogP contribution in [0.2, 0.25) is 0 Å². The summed E-state index contributed by atoms with van der Waals surface area (Å²) in [6, 6.07) is 12.2. The topological polar surface area (TPSA) is 83.1 Å². The number of hydrogen-bond donors (Lipinski definition) is 2. The molecule has 0 amide bonds. The molecule has 0 unspecified atom stereocenters. The van der Waals surface area contributed by atoms with Gasteiger partial charge in [0.1, 0.15) is 22.1 Å². The number of aromatic nitrogens is 6. The Hall–Kier alpha value is -2.24. The van der Waals surface area contributed by atoms with Gasteiger partial charge in [-0.2, -0.15) is 30.8 Å². The van der Waals surface area contributed by atoms with E-state index in [-0.39, 0.29) is 17.1 Å². The second kappa shape index (κ2) is 7.85. The van der Waals surface area contributed by atoms with Crippen LogP contribution in [-0.2, 0) is 29.9 Å². The Morgan fingerprint density at radius 3 is 1.43 bits per heavy atom. The molecule has 0 saturated carbocycles. The molecular formula is C16H18CuN6. The quantitative estimate of drug-likeness (QED) is 0.540. The number of hydrogen-bond acceptors (Lipinski definition) is 4. The fourth-order valence-electron chi connectivity index (χ4n) is 2.21. The number of rotatable bonds is 2. The molecule has 6 nitrogen and oxygen atoms in total. The second-order valence-electron chi connectivity index (χ2n) is 5.00. The van der Waals surface area contributed by atoms with Gasteiger partial charge in [-0.25, -0.2) is 0 Å². The van der Waals surface area contributed by atoms with Crippen LogP contribution in [0.5, 0.6) is 0 Å². The summed E-state index contributed by atoms with van der Waals surface area (Å²) in [5.41, 5.74) is 6.36. The Balaban J connectivity index is 0.000000160. The monoisotopic (exact) mass is 357 g/mol. The largest absolute Gasteiger partial charge is 0.197 e. The minimum absolute atomic E-state index is 0. The molecule has 2 aromatic heterocycles. The van der Waals surface area contributed by atoms with Crippen LogP contribution in [0.1, 0.15) is 25.0 Å². The van der Waals surface area contributed by atoms with E-state index < -0.39 is 0 Å². The average Bonchev–Trinajstić information content (AvgIpc) is 3.22. The standard InChI is InChI=1S/2C8H9N3.Cu/c2*1-2-6-3-4-7-8(5-6)10-11-9-7;/h2*3-5H,2H2,1H3,(H,9,10,11);. The molecule has 0 spiro atoms. The fourth-order valence-corrected chi connectivity index (χ4v) is 2.21. The number of fused-ring (bicyclic) bond motifs is 2. The summed E-state index contributed by atoms with van der Waals surface area (Å²) >= 11 is 0. The second-order valence-corrected chi connectivity index (χ2v) is 5.00. The molecule has 0 atom stereocenters. The molecule has 4 aromatic rings. The van der Waals surface area contributed by atoms with Crippen molar-refractivity contribution in [3.8, 4) is 0 Å². The number of benzene rings is 2. The Morgan fingerprint density at radius 1 is 0.652 bits per heavy atom. The molecule has 0 bridgehead atoms. The fraction of sp³-hybridized carbons (Fsp3) is 0.250. The number of nitrogens with zero attached hydrogens (tertiary/aromatic N) is 4. The summed E-state index contributed by atoms with van der Waals surface area (Å²) in [6.45, 7) is 4.25. The zero-order valence-corrected chi connectivity index (χ0v) is 13.9. The first kappa shape index (κ1) is 17.1. The zero-order chi connectivity index (χ0) is 15.4. The summed E-state index contributed by atoms with van der Waals surface area (Å²) in [7, 11) is 0. The van der Waals surface area contributed by atoms with Gasteiger partial charge in [0.05, 0.1) is 0 Å². The molecule has 7 heteroatoms. The van der Waals surface area contributed by atoms with E-state index in [2.05, 4.69) is 68.9 Å². The van der Waals surface area contributed by atoms with Gasteiger partial charge >= 0.3 is 0 Å². The Morgan fingerprint density at radius 2 is 1.04 bits per heavy atom. The van der Waals surface area contributed by atoms with E-state index in [4.69, 9.17) is 0 Å². The Kier molecular flexibility index (Phi) is 5.84. The number of nitrogens with one attached hydrogen (secondary N) is 2. The summed E-state index contributed by atoms with van der Waals surface area (Å²) < 4.78 is 0. The number of aryl methyl sites for hydroxylation is 2. The minimum atomic E-state index is 0. The Labute approximate surface area is 144 Å². The van der Waals surface area contributed by atoms with E-state index in [0.29, 0.717) is 0 Å². The van der Waals surface area contributed by atoms with Gasteiger partial charge in [0.2, 0.25) is 0 Å². The normalized spacial score (nSPS) is 10.2. The first-order chi connectivity index (χ1) is 10.8. The average molecular weight is 358 g/mol. The molecule has 2 aromatic carbocycles. The van der Waals surface area contributed by atoms with Crippen LogP contribution in [0.4, 0.5) is 0 Å². The van der Waals surface area contributed by atoms with Crippen LogP contribution in [0.3, 0.4) is 0 Å². The Bertz CT molecular complexity index is 808. The van der Waals surface area contributed by atoms with E-state index in [0.717, 1.165) is 34.9 Å². The molecule has 1 radical (unpaired) electrons. The molecule has 23 heavy (non-hydrogen) atoms. The SMILES string of the molecule is CCc1ccc2n[nH]nc2c1.CCc1ccc2n[nH]nc2c1.[Cu]. The van der Waals surface area contributed by atoms with Crippen molar-refractivity contribution in [3.05, 3.63) is 47.5 Å². The van der Waals surface area contributed by atoms with Gasteiger partial charge in [-0.15, -0.1) is 0 Å². The third-order valence-corrected chi connectivity index (χ3v) is 3.58. The van der Waals surface area contributed by atoms with Gasteiger partial charge in [0, 0.05) is 17.1 Å². The molecule has 2 N–H and O–H groups in total. The van der Waals surface area contributed by atoms with Crippen LogP contribution < -0.4 is 0 Å². The van der Waals surface area contributed by atoms with E-state index >= 15 is 0 Å². The van der Waals surface area contributed by atoms with Gasteiger partial charge in [-0.1, -0.05) is 26.0 Å². The molecule has 0 fully saturated rings. The maximum absolute atomic E-state index is 3.99. The minimum Gasteiger partial charge on any atom is -0.197 e. The maximum Gasteiger partial charge on any atom is 0.113 e. The third-order valence-electron chi connectivity index (χ3n) is 3.58. The van der Waals surface area contributed by atoms with Crippen molar-refractivity contribution in [2.24, 2.45) is 0 Å². The molecule has 0 saturated heterocycles. The van der Waals surface area contributed by atoms with E-state index in [1.807, 2.05) is 12.1 Å². The molecule has 4 rings (SSSR count). The molecule has 0 aliphatic carbocycles. The molecule has 123 valence electrons. The number of H-pyrrole nitrogens is 2. The van der Waals surface area contributed by atoms with Crippen molar-refractivity contribution in [2.45, 2.75) is 26.7 Å². The van der Waals surface area contributed by atoms with Crippen molar-refractivity contribution < 1.29 is 17.1 Å². The smallest absolute Gasteiger partial charge is 0.113 e. The van der Waals surface area contributed by atoms with E-state index in [1.165, 1.54) is 11.1 Å². The zero-order valence-electron chi connectivity index (χ0n) is 13.0. The van der Waals surface area contributed by atoms with Crippen LogP contribution in [0, 0.1) is 0 Å². The van der Waals surface area contributed by atoms with Crippen molar-refractivity contribution >= 4 is 22.1 Å². The molecule has 0 aliphatic heterocycles. The van der Waals surface area contributed by atoms with E-state index in [9.17, 15) is 0 Å². The summed E-state index contributed by atoms with van der Waals surface area (Å²) in [4.78, 5) is 0. The van der Waals surface area contributed by atoms with Crippen molar-refractivity contribution in [2.75, 3.05) is 0 Å². The van der Waals surface area contributed by atoms with Gasteiger partial charge in [0.25, 0.3) is 0 Å². The maximum atomic E-state index is 3.99. The van der Waals surface area contributed by atoms with Crippen molar-refractivity contribution in [1.29, 1.82) is 0 Å². The molecule has 2 heterocycles. The predicted molar refractivity (Wildman–Crippen MR) is 86.5 cm³/mol. The van der Waals surface area contributed by atoms with Gasteiger partial charge in [-0.3, -0.25) is 0 Å². The molecular weight excluding hydrogens is 340 g/mol. The van der Waals surface area contributed by atoms with Gasteiger partial charge in [-0.05, 0) is 48.2 Å². The number of aromatic amines is 2. The molecule has 0 aliphatic rings. The van der Waals surface area contributed by atoms with Gasteiger partial charge in [0.15, 0.2) is 0 Å². The third kappa shape index (κ3) is 3.94. The summed E-state index contributed by atoms with van der Waals surface area (Å²) in [5, 5.41) is 21.1.